The average molecular weight is 368 g/mol. The number of carbonyl (C=O) groups excluding carboxylic acids is 1. The van der Waals surface area contributed by atoms with Gasteiger partial charge in [0.1, 0.15) is 5.60 Å². The maximum Gasteiger partial charge on any atom is 0.327 e. The first-order valence-electron chi connectivity index (χ1n) is 6.99. The predicted molar refractivity (Wildman–Crippen MR) is 87.0 cm³/mol. The second-order valence-electron chi connectivity index (χ2n) is 5.35. The second kappa shape index (κ2) is 5.86. The minimum Gasteiger partial charge on any atom is -0.468 e. The van der Waals surface area contributed by atoms with Crippen LogP contribution in [-0.2, 0) is 25.2 Å². The number of halogens is 1. The molecule has 2 atom stereocenters. The third kappa shape index (κ3) is 2.50. The fourth-order valence-corrected chi connectivity index (χ4v) is 4.47. The molecule has 0 saturated carbocycles. The summed E-state index contributed by atoms with van der Waals surface area (Å²) in [5, 5.41) is 11.7. The smallest absolute Gasteiger partial charge is 0.327 e. The van der Waals surface area contributed by atoms with Gasteiger partial charge in [-0.3, -0.25) is 4.79 Å². The maximum absolute atomic E-state index is 12.5. The van der Waals surface area contributed by atoms with Crippen LogP contribution in [0.25, 0.3) is 0 Å². The van der Waals surface area contributed by atoms with Gasteiger partial charge >= 0.3 is 5.97 Å². The summed E-state index contributed by atoms with van der Waals surface area (Å²) < 4.78 is 31.8. The van der Waals surface area contributed by atoms with Crippen LogP contribution >= 0.6 is 11.6 Å². The van der Waals surface area contributed by atoms with Crippen LogP contribution in [0.2, 0.25) is 5.02 Å². The lowest BCUT2D eigenvalue weighted by Gasteiger charge is -2.40. The number of ether oxygens (including phenoxy) is 1. The van der Waals surface area contributed by atoms with Gasteiger partial charge in [-0.15, -0.1) is 0 Å². The molecular formula is C16H14ClNO5S. The Morgan fingerprint density at radius 3 is 2.54 bits per heavy atom. The van der Waals surface area contributed by atoms with Crippen LogP contribution in [0.4, 0.5) is 0 Å². The Kier molecular flexibility index (Phi) is 4.13. The summed E-state index contributed by atoms with van der Waals surface area (Å²) >= 11 is 6.00. The Morgan fingerprint density at radius 2 is 1.92 bits per heavy atom. The van der Waals surface area contributed by atoms with Crippen LogP contribution < -0.4 is 4.72 Å². The number of fused-ring (bicyclic) bond motifs is 1. The van der Waals surface area contributed by atoms with E-state index < -0.39 is 27.6 Å². The zero-order chi connectivity index (χ0) is 17.5. The topological polar surface area (TPSA) is 92.7 Å². The molecule has 126 valence electrons. The van der Waals surface area contributed by atoms with E-state index in [1.807, 2.05) is 0 Å². The largest absolute Gasteiger partial charge is 0.468 e. The summed E-state index contributed by atoms with van der Waals surface area (Å²) in [6.07, 6.45) is 0. The maximum atomic E-state index is 12.5. The lowest BCUT2D eigenvalue weighted by Crippen LogP contribution is -2.59. The van der Waals surface area contributed by atoms with Crippen molar-refractivity contribution < 1.29 is 23.1 Å². The van der Waals surface area contributed by atoms with Crippen molar-refractivity contribution in [3.05, 3.63) is 64.7 Å². The molecular weight excluding hydrogens is 354 g/mol. The van der Waals surface area contributed by atoms with E-state index in [2.05, 4.69) is 9.46 Å². The predicted octanol–water partition coefficient (Wildman–Crippen LogP) is 1.41. The van der Waals surface area contributed by atoms with E-state index in [0.29, 0.717) is 5.56 Å². The quantitative estimate of drug-likeness (QED) is 0.783. The van der Waals surface area contributed by atoms with E-state index in [1.165, 1.54) is 18.2 Å². The van der Waals surface area contributed by atoms with Gasteiger partial charge in [0.05, 0.1) is 12.0 Å². The fourth-order valence-electron chi connectivity index (χ4n) is 2.84. The Bertz CT molecular complexity index is 900. The van der Waals surface area contributed by atoms with Gasteiger partial charge in [0.25, 0.3) is 0 Å². The second-order valence-corrected chi connectivity index (χ2v) is 7.47. The van der Waals surface area contributed by atoms with Crippen LogP contribution in [0.5, 0.6) is 0 Å². The first kappa shape index (κ1) is 16.9. The molecule has 0 aromatic heterocycles. The van der Waals surface area contributed by atoms with Gasteiger partial charge in [-0.05, 0) is 23.8 Å². The van der Waals surface area contributed by atoms with Crippen molar-refractivity contribution in [1.29, 1.82) is 0 Å². The van der Waals surface area contributed by atoms with E-state index >= 15 is 0 Å². The normalized spacial score (nSPS) is 24.9. The number of nitrogens with one attached hydrogen (secondary N) is 1. The average Bonchev–Trinajstić information content (AvgIpc) is 2.58. The van der Waals surface area contributed by atoms with Crippen LogP contribution in [0.15, 0.2) is 53.4 Å². The molecule has 0 aliphatic carbocycles. The van der Waals surface area contributed by atoms with Crippen molar-refractivity contribution in [2.24, 2.45) is 0 Å². The highest BCUT2D eigenvalue weighted by atomic mass is 35.5. The molecule has 2 N–H and O–H groups in total. The zero-order valence-corrected chi connectivity index (χ0v) is 14.1. The zero-order valence-electron chi connectivity index (χ0n) is 12.6. The number of benzene rings is 2. The first-order valence-corrected chi connectivity index (χ1v) is 8.85. The number of esters is 1. The van der Waals surface area contributed by atoms with E-state index in [9.17, 15) is 18.3 Å². The number of methoxy groups -OCH3 is 1. The van der Waals surface area contributed by atoms with Crippen molar-refractivity contribution in [2.45, 2.75) is 16.5 Å². The molecule has 0 bridgehead atoms. The van der Waals surface area contributed by atoms with Gasteiger partial charge in [0, 0.05) is 10.6 Å². The monoisotopic (exact) mass is 367 g/mol. The molecule has 8 heteroatoms. The van der Waals surface area contributed by atoms with Crippen molar-refractivity contribution in [3.63, 3.8) is 0 Å². The van der Waals surface area contributed by atoms with Crippen molar-refractivity contribution >= 4 is 27.6 Å². The molecule has 1 heterocycles. The summed E-state index contributed by atoms with van der Waals surface area (Å²) in [6, 6.07) is 10.8. The number of rotatable bonds is 2. The van der Waals surface area contributed by atoms with Crippen LogP contribution in [0.1, 0.15) is 11.1 Å². The van der Waals surface area contributed by atoms with Crippen LogP contribution in [0.3, 0.4) is 0 Å². The Morgan fingerprint density at radius 1 is 1.25 bits per heavy atom. The standard InChI is InChI=1S/C16H14ClNO5S/c1-23-15(19)14-16(20,10-5-3-2-4-6-10)12-9-11(17)7-8-13(12)24(21,22)18-14/h2-9,14,18,20H,1H3/t14-,16+/m0/s1. The minimum absolute atomic E-state index is 0.0235. The summed E-state index contributed by atoms with van der Waals surface area (Å²) in [7, 11) is -2.89. The third-order valence-corrected chi connectivity index (χ3v) is 5.70. The molecule has 0 spiro atoms. The highest BCUT2D eigenvalue weighted by molar-refractivity contribution is 7.89. The highest BCUT2D eigenvalue weighted by Crippen LogP contribution is 2.42. The van der Waals surface area contributed by atoms with E-state index in [1.54, 1.807) is 30.3 Å². The molecule has 1 aliphatic rings. The summed E-state index contributed by atoms with van der Waals surface area (Å²) in [5.74, 6) is -0.907. The molecule has 0 fully saturated rings. The van der Waals surface area contributed by atoms with Gasteiger partial charge in [-0.2, -0.15) is 4.72 Å². The molecule has 0 saturated heterocycles. The van der Waals surface area contributed by atoms with Gasteiger partial charge in [0.2, 0.25) is 10.0 Å². The number of aliphatic hydroxyl groups is 1. The summed E-state index contributed by atoms with van der Waals surface area (Å²) in [6.45, 7) is 0. The molecule has 0 unspecified atom stereocenters. The number of hydrogen-bond acceptors (Lipinski definition) is 5. The lowest BCUT2D eigenvalue weighted by molar-refractivity contribution is -0.149. The Balaban J connectivity index is 2.37. The van der Waals surface area contributed by atoms with Gasteiger partial charge in [-0.1, -0.05) is 41.9 Å². The van der Waals surface area contributed by atoms with E-state index in [-0.39, 0.29) is 15.5 Å². The van der Waals surface area contributed by atoms with Crippen LogP contribution in [-0.4, -0.2) is 32.6 Å². The van der Waals surface area contributed by atoms with Crippen molar-refractivity contribution in [3.8, 4) is 0 Å². The molecule has 6 nitrogen and oxygen atoms in total. The molecule has 0 radical (unpaired) electrons. The van der Waals surface area contributed by atoms with Gasteiger partial charge in [-0.25, -0.2) is 8.42 Å². The van der Waals surface area contributed by atoms with Crippen molar-refractivity contribution in [2.75, 3.05) is 7.11 Å². The molecule has 2 aromatic carbocycles. The van der Waals surface area contributed by atoms with E-state index in [0.717, 1.165) is 7.11 Å². The first-order chi connectivity index (χ1) is 11.3. The van der Waals surface area contributed by atoms with Gasteiger partial charge < -0.3 is 9.84 Å². The summed E-state index contributed by atoms with van der Waals surface area (Å²) in [4.78, 5) is 12.1. The molecule has 2 aromatic rings. The molecule has 3 rings (SSSR count). The summed E-state index contributed by atoms with van der Waals surface area (Å²) in [5.41, 5.74) is -1.60. The Hall–Kier alpha value is -1.93. The molecule has 0 amide bonds. The SMILES string of the molecule is COC(=O)[C@@H]1NS(=O)(=O)c2ccc(Cl)cc2[C@]1(O)c1ccccc1. The minimum atomic E-state index is -4.01. The number of hydrogen-bond donors (Lipinski definition) is 2. The van der Waals surface area contributed by atoms with Crippen LogP contribution in [0, 0.1) is 0 Å². The lowest BCUT2D eigenvalue weighted by atomic mass is 9.80. The Labute approximate surface area is 144 Å². The number of sulfonamides is 1. The molecule has 24 heavy (non-hydrogen) atoms. The highest BCUT2D eigenvalue weighted by Gasteiger charge is 2.53. The van der Waals surface area contributed by atoms with Crippen molar-refractivity contribution in [1.82, 2.24) is 4.72 Å². The third-order valence-electron chi connectivity index (χ3n) is 3.98. The number of carbonyl (C=O) groups is 1. The fraction of sp³-hybridized carbons (Fsp3) is 0.188. The van der Waals surface area contributed by atoms with Gasteiger partial charge in [0.15, 0.2) is 6.04 Å². The molecule has 1 aliphatic heterocycles. The van der Waals surface area contributed by atoms with E-state index in [4.69, 9.17) is 11.6 Å².